The summed E-state index contributed by atoms with van der Waals surface area (Å²) in [6.07, 6.45) is 0. The zero-order valence-corrected chi connectivity index (χ0v) is 20.4. The summed E-state index contributed by atoms with van der Waals surface area (Å²) < 4.78 is 20.3. The van der Waals surface area contributed by atoms with E-state index in [4.69, 9.17) is 18.9 Å². The lowest BCUT2D eigenvalue weighted by molar-refractivity contribution is -0.142. The number of nitrogens with zero attached hydrogens (tertiary/aromatic N) is 2. The molecule has 0 aliphatic carbocycles. The molecule has 0 bridgehead atoms. The summed E-state index contributed by atoms with van der Waals surface area (Å²) in [4.78, 5) is 52.3. The molecular formula is C26H30N2O8. The lowest BCUT2D eigenvalue weighted by atomic mass is 10.1. The molecule has 10 heteroatoms. The highest BCUT2D eigenvalue weighted by molar-refractivity contribution is 5.92. The summed E-state index contributed by atoms with van der Waals surface area (Å²) in [5.74, 6) is -1.85. The molecule has 0 saturated carbocycles. The zero-order valence-electron chi connectivity index (χ0n) is 20.4. The normalized spacial score (nSPS) is 13.3. The Hall–Kier alpha value is -3.76. The van der Waals surface area contributed by atoms with Crippen LogP contribution in [0, 0.1) is 0 Å². The van der Waals surface area contributed by atoms with Gasteiger partial charge in [-0.2, -0.15) is 0 Å². The van der Waals surface area contributed by atoms with Crippen LogP contribution in [0.4, 0.5) is 0 Å². The first kappa shape index (κ1) is 26.8. The van der Waals surface area contributed by atoms with E-state index < -0.39 is 11.9 Å². The third-order valence-electron chi connectivity index (χ3n) is 5.64. The maximum absolute atomic E-state index is 12.4. The number of rotatable bonds is 10. The van der Waals surface area contributed by atoms with Crippen LogP contribution >= 0.6 is 0 Å². The van der Waals surface area contributed by atoms with Crippen LogP contribution in [0.2, 0.25) is 0 Å². The number of carbonyl (C=O) groups is 4. The predicted molar refractivity (Wildman–Crippen MR) is 128 cm³/mol. The van der Waals surface area contributed by atoms with Gasteiger partial charge in [0.2, 0.25) is 0 Å². The van der Waals surface area contributed by atoms with Crippen LogP contribution in [0.25, 0.3) is 0 Å². The highest BCUT2D eigenvalue weighted by Crippen LogP contribution is 2.10. The second kappa shape index (κ2) is 13.4. The zero-order chi connectivity index (χ0) is 25.9. The molecule has 1 aliphatic heterocycles. The molecule has 1 aliphatic rings. The molecule has 0 radical (unpaired) electrons. The molecule has 192 valence electrons. The van der Waals surface area contributed by atoms with Crippen molar-refractivity contribution < 1.29 is 38.1 Å². The SMILES string of the molecule is COCc1ccc(C(=O)OCC(=O)N2CCN(C(=O)COC(=O)c3ccc(COC)cc3)CC2)cc1. The van der Waals surface area contributed by atoms with E-state index >= 15 is 0 Å². The Kier molecular flexibility index (Phi) is 9.96. The Bertz CT molecular complexity index is 959. The minimum absolute atomic E-state index is 0.294. The average Bonchev–Trinajstić information content (AvgIpc) is 2.91. The largest absolute Gasteiger partial charge is 0.452 e. The van der Waals surface area contributed by atoms with Crippen LogP contribution < -0.4 is 0 Å². The van der Waals surface area contributed by atoms with Crippen LogP contribution in [0.5, 0.6) is 0 Å². The summed E-state index contributed by atoms with van der Waals surface area (Å²) in [5.41, 5.74) is 2.53. The molecule has 0 aromatic heterocycles. The van der Waals surface area contributed by atoms with Crippen LogP contribution in [-0.2, 0) is 41.8 Å². The van der Waals surface area contributed by atoms with Gasteiger partial charge >= 0.3 is 11.9 Å². The molecule has 0 unspecified atom stereocenters. The van der Waals surface area contributed by atoms with E-state index in [1.54, 1.807) is 62.8 Å². The Labute approximate surface area is 209 Å². The van der Waals surface area contributed by atoms with Crippen molar-refractivity contribution >= 4 is 23.8 Å². The Morgan fingerprint density at radius 2 is 0.944 bits per heavy atom. The minimum atomic E-state index is -0.587. The summed E-state index contributed by atoms with van der Waals surface area (Å²) in [5, 5.41) is 0. The van der Waals surface area contributed by atoms with Crippen LogP contribution in [0.15, 0.2) is 48.5 Å². The summed E-state index contributed by atoms with van der Waals surface area (Å²) in [6.45, 7) is 1.29. The van der Waals surface area contributed by atoms with Crippen molar-refractivity contribution in [3.8, 4) is 0 Å². The topological polar surface area (TPSA) is 112 Å². The molecule has 0 spiro atoms. The first-order chi connectivity index (χ1) is 17.4. The molecule has 3 rings (SSSR count). The van der Waals surface area contributed by atoms with Gasteiger partial charge in [0.1, 0.15) is 0 Å². The Morgan fingerprint density at radius 1 is 0.611 bits per heavy atom. The summed E-state index contributed by atoms with van der Waals surface area (Å²) in [7, 11) is 3.17. The van der Waals surface area contributed by atoms with Crippen LogP contribution in [-0.4, -0.2) is 87.2 Å². The van der Waals surface area contributed by atoms with Crippen molar-refractivity contribution in [2.45, 2.75) is 13.2 Å². The third-order valence-corrected chi connectivity index (χ3v) is 5.64. The first-order valence-corrected chi connectivity index (χ1v) is 11.5. The fourth-order valence-electron chi connectivity index (χ4n) is 3.62. The summed E-state index contributed by atoms with van der Waals surface area (Å²) >= 11 is 0. The van der Waals surface area contributed by atoms with Gasteiger partial charge in [0.25, 0.3) is 11.8 Å². The van der Waals surface area contributed by atoms with E-state index in [2.05, 4.69) is 0 Å². The Morgan fingerprint density at radius 3 is 1.25 bits per heavy atom. The van der Waals surface area contributed by atoms with Crippen LogP contribution in [0.3, 0.4) is 0 Å². The van der Waals surface area contributed by atoms with E-state index in [0.29, 0.717) is 50.5 Å². The van der Waals surface area contributed by atoms with Gasteiger partial charge in [-0.25, -0.2) is 9.59 Å². The van der Waals surface area contributed by atoms with Gasteiger partial charge in [-0.1, -0.05) is 24.3 Å². The van der Waals surface area contributed by atoms with Crippen molar-refractivity contribution in [1.29, 1.82) is 0 Å². The van der Waals surface area contributed by atoms with E-state index in [9.17, 15) is 19.2 Å². The molecule has 2 aromatic rings. The monoisotopic (exact) mass is 498 g/mol. The van der Waals surface area contributed by atoms with Gasteiger partial charge in [-0.3, -0.25) is 9.59 Å². The number of benzene rings is 2. The molecule has 1 saturated heterocycles. The number of hydrogen-bond acceptors (Lipinski definition) is 8. The third kappa shape index (κ3) is 7.62. The Balaban J connectivity index is 1.37. The first-order valence-electron chi connectivity index (χ1n) is 11.5. The standard InChI is InChI=1S/C26H30N2O8/c1-33-15-19-3-7-21(8-4-19)25(31)35-17-23(29)27-11-13-28(14-12-27)24(30)18-36-26(32)22-9-5-20(6-10-22)16-34-2/h3-10H,11-18H2,1-2H3. The number of esters is 2. The molecule has 2 amide bonds. The molecule has 0 N–H and O–H groups in total. The molecule has 0 atom stereocenters. The van der Waals surface area contributed by atoms with Gasteiger partial charge < -0.3 is 28.7 Å². The second-order valence-electron chi connectivity index (χ2n) is 8.17. The van der Waals surface area contributed by atoms with E-state index in [0.717, 1.165) is 11.1 Å². The maximum Gasteiger partial charge on any atom is 0.338 e. The lowest BCUT2D eigenvalue weighted by Crippen LogP contribution is -2.52. The van der Waals surface area contributed by atoms with Crippen molar-refractivity contribution in [3.63, 3.8) is 0 Å². The van der Waals surface area contributed by atoms with E-state index in [-0.39, 0.29) is 25.0 Å². The smallest absolute Gasteiger partial charge is 0.338 e. The van der Waals surface area contributed by atoms with E-state index in [1.807, 2.05) is 0 Å². The summed E-state index contributed by atoms with van der Waals surface area (Å²) in [6, 6.07) is 13.5. The molecular weight excluding hydrogens is 468 g/mol. The number of carbonyl (C=O) groups excluding carboxylic acids is 4. The molecule has 1 heterocycles. The number of amides is 2. The molecule has 10 nitrogen and oxygen atoms in total. The van der Waals surface area contributed by atoms with Crippen molar-refractivity contribution in [1.82, 2.24) is 9.80 Å². The predicted octanol–water partition coefficient (Wildman–Crippen LogP) is 1.66. The molecule has 2 aromatic carbocycles. The maximum atomic E-state index is 12.4. The van der Waals surface area contributed by atoms with Crippen LogP contribution in [0.1, 0.15) is 31.8 Å². The fraction of sp³-hybridized carbons (Fsp3) is 0.385. The van der Waals surface area contributed by atoms with Gasteiger partial charge in [0, 0.05) is 40.4 Å². The minimum Gasteiger partial charge on any atom is -0.452 e. The number of ether oxygens (including phenoxy) is 4. The van der Waals surface area contributed by atoms with Crippen molar-refractivity contribution in [2.75, 3.05) is 53.6 Å². The number of hydrogen-bond donors (Lipinski definition) is 0. The van der Waals surface area contributed by atoms with Gasteiger partial charge in [-0.15, -0.1) is 0 Å². The molecule has 1 fully saturated rings. The van der Waals surface area contributed by atoms with Gasteiger partial charge in [0.15, 0.2) is 13.2 Å². The lowest BCUT2D eigenvalue weighted by Gasteiger charge is -2.34. The van der Waals surface area contributed by atoms with E-state index in [1.165, 1.54) is 9.80 Å². The number of methoxy groups -OCH3 is 2. The van der Waals surface area contributed by atoms with Crippen molar-refractivity contribution in [2.24, 2.45) is 0 Å². The molecule has 36 heavy (non-hydrogen) atoms. The van der Waals surface area contributed by atoms with Crippen molar-refractivity contribution in [3.05, 3.63) is 70.8 Å². The van der Waals surface area contributed by atoms with Gasteiger partial charge in [0.05, 0.1) is 24.3 Å². The highest BCUT2D eigenvalue weighted by atomic mass is 16.5. The number of piperazine rings is 1. The fourth-order valence-corrected chi connectivity index (χ4v) is 3.62. The van der Waals surface area contributed by atoms with Gasteiger partial charge in [-0.05, 0) is 35.4 Å². The quantitative estimate of drug-likeness (QED) is 0.455. The average molecular weight is 499 g/mol. The highest BCUT2D eigenvalue weighted by Gasteiger charge is 2.25. The second-order valence-corrected chi connectivity index (χ2v) is 8.17.